The number of hydrogen-bond donors (Lipinski definition) is 0. The summed E-state index contributed by atoms with van der Waals surface area (Å²) in [4.78, 5) is 12.5. The van der Waals surface area contributed by atoms with Crippen LogP contribution in [0.1, 0.15) is 10.4 Å². The Kier molecular flexibility index (Phi) is 5.38. The number of carbonyl (C=O) groups is 1. The highest BCUT2D eigenvalue weighted by molar-refractivity contribution is 9.10. The minimum atomic E-state index is -1.53. The minimum Gasteiger partial charge on any atom is -0.293 e. The minimum absolute atomic E-state index is 0.136. The van der Waals surface area contributed by atoms with Gasteiger partial charge in [-0.25, -0.2) is 0 Å². The Hall–Kier alpha value is -0.680. The highest BCUT2D eigenvalue weighted by Gasteiger charge is 2.16. The van der Waals surface area contributed by atoms with Gasteiger partial charge in [-0.2, -0.15) is 0 Å². The van der Waals surface area contributed by atoms with E-state index in [1.165, 1.54) is 6.07 Å². The summed E-state index contributed by atoms with van der Waals surface area (Å²) in [5.41, 5.74) is 0.499. The van der Waals surface area contributed by atoms with Crippen molar-refractivity contribution in [2.75, 3.05) is 5.75 Å². The maximum absolute atomic E-state index is 12.2. The molecule has 6 heteroatoms. The lowest BCUT2D eigenvalue weighted by molar-refractivity contribution is 0.102. The average Bonchev–Trinajstić information content (AvgIpc) is 2.41. The van der Waals surface area contributed by atoms with Gasteiger partial charge in [-0.1, -0.05) is 57.3 Å². The first kappa shape index (κ1) is 15.7. The van der Waals surface area contributed by atoms with E-state index in [-0.39, 0.29) is 11.5 Å². The Morgan fingerprint density at radius 3 is 2.55 bits per heavy atom. The van der Waals surface area contributed by atoms with Crippen molar-refractivity contribution in [3.05, 3.63) is 62.5 Å². The van der Waals surface area contributed by atoms with Gasteiger partial charge in [-0.3, -0.25) is 9.00 Å². The highest BCUT2D eigenvalue weighted by Crippen LogP contribution is 2.25. The number of hydrogen-bond acceptors (Lipinski definition) is 2. The third kappa shape index (κ3) is 3.70. The molecule has 2 aromatic carbocycles. The zero-order valence-corrected chi connectivity index (χ0v) is 14.0. The van der Waals surface area contributed by atoms with E-state index >= 15 is 0 Å². The molecule has 0 spiro atoms. The van der Waals surface area contributed by atoms with Gasteiger partial charge in [-0.05, 0) is 24.3 Å². The molecule has 0 aliphatic rings. The number of Topliss-reactive ketones (excluding diaryl/α,β-unsaturated/α-hetero) is 1. The van der Waals surface area contributed by atoms with Gasteiger partial charge in [0.2, 0.25) is 0 Å². The van der Waals surface area contributed by atoms with Crippen molar-refractivity contribution in [2.24, 2.45) is 0 Å². The van der Waals surface area contributed by atoms with E-state index < -0.39 is 10.8 Å². The van der Waals surface area contributed by atoms with Gasteiger partial charge in [0, 0.05) is 15.1 Å². The molecule has 0 saturated heterocycles. The first-order valence-electron chi connectivity index (χ1n) is 5.60. The third-order valence-electron chi connectivity index (χ3n) is 2.57. The Morgan fingerprint density at radius 2 is 1.85 bits per heavy atom. The fourth-order valence-electron chi connectivity index (χ4n) is 1.61. The number of ketones is 1. The SMILES string of the molecule is O=C(CS(=O)c1cc(Cl)ccc1Cl)c1ccccc1Br. The maximum atomic E-state index is 12.2. The van der Waals surface area contributed by atoms with E-state index in [2.05, 4.69) is 15.9 Å². The fourth-order valence-corrected chi connectivity index (χ4v) is 3.83. The summed E-state index contributed by atoms with van der Waals surface area (Å²) in [7, 11) is -1.53. The molecule has 0 fully saturated rings. The molecule has 2 aromatic rings. The van der Waals surface area contributed by atoms with Gasteiger partial charge in [0.1, 0.15) is 0 Å². The van der Waals surface area contributed by atoms with Crippen molar-refractivity contribution in [3.63, 3.8) is 0 Å². The molecular weight excluding hydrogens is 383 g/mol. The van der Waals surface area contributed by atoms with E-state index in [0.29, 0.717) is 25.0 Å². The lowest BCUT2D eigenvalue weighted by Gasteiger charge is -2.06. The molecule has 2 nitrogen and oxygen atoms in total. The molecule has 2 rings (SSSR count). The Morgan fingerprint density at radius 1 is 1.15 bits per heavy atom. The molecule has 1 unspecified atom stereocenters. The molecule has 0 saturated carbocycles. The van der Waals surface area contributed by atoms with Crippen molar-refractivity contribution >= 4 is 55.7 Å². The predicted octanol–water partition coefficient (Wildman–Crippen LogP) is 4.75. The first-order chi connectivity index (χ1) is 9.49. The summed E-state index contributed by atoms with van der Waals surface area (Å²) in [5.74, 6) is -0.352. The van der Waals surface area contributed by atoms with Gasteiger partial charge < -0.3 is 0 Å². The summed E-state index contributed by atoms with van der Waals surface area (Å²) in [6.45, 7) is 0. The van der Waals surface area contributed by atoms with Crippen molar-refractivity contribution in [3.8, 4) is 0 Å². The largest absolute Gasteiger partial charge is 0.293 e. The molecular formula is C14H9BrCl2O2S. The number of halogens is 3. The van der Waals surface area contributed by atoms with Crippen LogP contribution in [0, 0.1) is 0 Å². The predicted molar refractivity (Wildman–Crippen MR) is 86.2 cm³/mol. The summed E-state index contributed by atoms with van der Waals surface area (Å²) < 4.78 is 12.9. The van der Waals surface area contributed by atoms with Crippen LogP contribution in [0.15, 0.2) is 51.8 Å². The molecule has 0 radical (unpaired) electrons. The van der Waals surface area contributed by atoms with Crippen LogP contribution in [-0.2, 0) is 10.8 Å². The zero-order chi connectivity index (χ0) is 14.7. The molecule has 104 valence electrons. The van der Waals surface area contributed by atoms with Gasteiger partial charge in [-0.15, -0.1) is 0 Å². The second kappa shape index (κ2) is 6.85. The first-order valence-corrected chi connectivity index (χ1v) is 8.47. The monoisotopic (exact) mass is 390 g/mol. The molecule has 0 aliphatic heterocycles. The lowest BCUT2D eigenvalue weighted by atomic mass is 10.1. The van der Waals surface area contributed by atoms with Crippen molar-refractivity contribution in [1.29, 1.82) is 0 Å². The molecule has 0 heterocycles. The van der Waals surface area contributed by atoms with Crippen LogP contribution in [0.5, 0.6) is 0 Å². The smallest absolute Gasteiger partial charge is 0.176 e. The summed E-state index contributed by atoms with van der Waals surface area (Å²) in [6, 6.07) is 11.7. The fraction of sp³-hybridized carbons (Fsp3) is 0.0714. The van der Waals surface area contributed by atoms with Crippen molar-refractivity contribution in [1.82, 2.24) is 0 Å². The second-order valence-electron chi connectivity index (χ2n) is 3.97. The van der Waals surface area contributed by atoms with Crippen LogP contribution in [0.3, 0.4) is 0 Å². The average molecular weight is 392 g/mol. The van der Waals surface area contributed by atoms with Crippen LogP contribution >= 0.6 is 39.1 Å². The van der Waals surface area contributed by atoms with Crippen LogP contribution in [0.2, 0.25) is 10.0 Å². The molecule has 1 atom stereocenters. The molecule has 0 amide bonds. The Balaban J connectivity index is 2.22. The molecule has 0 aliphatic carbocycles. The summed E-state index contributed by atoms with van der Waals surface area (Å²) >= 11 is 15.1. The Bertz CT molecular complexity index is 689. The lowest BCUT2D eigenvalue weighted by Crippen LogP contribution is -2.12. The van der Waals surface area contributed by atoms with Crippen molar-refractivity contribution in [2.45, 2.75) is 4.90 Å². The molecule has 20 heavy (non-hydrogen) atoms. The van der Waals surface area contributed by atoms with E-state index in [9.17, 15) is 9.00 Å². The van der Waals surface area contributed by atoms with E-state index in [1.807, 2.05) is 6.07 Å². The van der Waals surface area contributed by atoms with E-state index in [0.717, 1.165) is 0 Å². The van der Waals surface area contributed by atoms with Crippen molar-refractivity contribution < 1.29 is 9.00 Å². The summed E-state index contributed by atoms with van der Waals surface area (Å²) in [5, 5.41) is 0.777. The number of carbonyl (C=O) groups excluding carboxylic acids is 1. The van der Waals surface area contributed by atoms with Gasteiger partial charge >= 0.3 is 0 Å². The van der Waals surface area contributed by atoms with Gasteiger partial charge in [0.25, 0.3) is 0 Å². The standard InChI is InChI=1S/C14H9BrCl2O2S/c15-11-4-2-1-3-10(11)13(18)8-20(19)14-7-9(16)5-6-12(14)17/h1-7H,8H2. The van der Waals surface area contributed by atoms with Gasteiger partial charge in [0.15, 0.2) is 5.78 Å². The van der Waals surface area contributed by atoms with Crippen LogP contribution < -0.4 is 0 Å². The van der Waals surface area contributed by atoms with E-state index in [4.69, 9.17) is 23.2 Å². The van der Waals surface area contributed by atoms with Crippen LogP contribution in [0.4, 0.5) is 0 Å². The number of rotatable bonds is 4. The number of benzene rings is 2. The highest BCUT2D eigenvalue weighted by atomic mass is 79.9. The third-order valence-corrected chi connectivity index (χ3v) is 5.30. The quantitative estimate of drug-likeness (QED) is 0.705. The molecule has 0 aromatic heterocycles. The normalized spacial score (nSPS) is 12.2. The van der Waals surface area contributed by atoms with Crippen LogP contribution in [-0.4, -0.2) is 15.7 Å². The second-order valence-corrected chi connectivity index (χ2v) is 7.09. The van der Waals surface area contributed by atoms with Gasteiger partial charge in [0.05, 0.1) is 26.5 Å². The molecule has 0 bridgehead atoms. The topological polar surface area (TPSA) is 34.1 Å². The molecule has 0 N–H and O–H groups in total. The maximum Gasteiger partial charge on any atom is 0.176 e. The Labute approximate surface area is 137 Å². The summed E-state index contributed by atoms with van der Waals surface area (Å²) in [6.07, 6.45) is 0. The van der Waals surface area contributed by atoms with Crippen LogP contribution in [0.25, 0.3) is 0 Å². The van der Waals surface area contributed by atoms with E-state index in [1.54, 1.807) is 30.3 Å². The zero-order valence-electron chi connectivity index (χ0n) is 10.1.